The van der Waals surface area contributed by atoms with Crippen LogP contribution < -0.4 is 0 Å². The molecule has 0 radical (unpaired) electrons. The van der Waals surface area contributed by atoms with Gasteiger partial charge in [0.25, 0.3) is 0 Å². The van der Waals surface area contributed by atoms with Crippen LogP contribution in [0.15, 0.2) is 24.3 Å². The van der Waals surface area contributed by atoms with E-state index in [2.05, 4.69) is 17.5 Å². The zero-order chi connectivity index (χ0) is 14.8. The highest BCUT2D eigenvalue weighted by Crippen LogP contribution is 2.22. The smallest absolute Gasteiger partial charge is 0.216 e. The molecule has 5 heteroatoms. The molecule has 1 aromatic carbocycles. The summed E-state index contributed by atoms with van der Waals surface area (Å²) >= 11 is 3.77. The molecule has 1 aromatic rings. The number of ketones is 1. The van der Waals surface area contributed by atoms with Crippen molar-refractivity contribution in [1.29, 1.82) is 0 Å². The quantitative estimate of drug-likeness (QED) is 0.682. The van der Waals surface area contributed by atoms with Crippen molar-refractivity contribution in [2.45, 2.75) is 19.4 Å². The number of thiol groups is 1. The lowest BCUT2D eigenvalue weighted by molar-refractivity contribution is -0.00430. The fourth-order valence-electron chi connectivity index (χ4n) is 2.38. The van der Waals surface area contributed by atoms with Gasteiger partial charge < -0.3 is 4.74 Å². The maximum Gasteiger partial charge on any atom is 0.216 e. The van der Waals surface area contributed by atoms with Crippen molar-refractivity contribution in [2.24, 2.45) is 0 Å². The highest BCUT2D eigenvalue weighted by molar-refractivity contribution is 7.97. The lowest BCUT2D eigenvalue weighted by Gasteiger charge is -2.39. The van der Waals surface area contributed by atoms with Crippen LogP contribution in [0.1, 0.15) is 34.6 Å². The van der Waals surface area contributed by atoms with Gasteiger partial charge in [-0.3, -0.25) is 14.5 Å². The summed E-state index contributed by atoms with van der Waals surface area (Å²) in [5.41, 5.74) is 0.532. The number of morpholine rings is 1. The fourth-order valence-corrected chi connectivity index (χ4v) is 2.53. The summed E-state index contributed by atoms with van der Waals surface area (Å²) in [6.45, 7) is 6.68. The van der Waals surface area contributed by atoms with Gasteiger partial charge in [-0.25, -0.2) is 0 Å². The molecule has 20 heavy (non-hydrogen) atoms. The summed E-state index contributed by atoms with van der Waals surface area (Å²) in [5.74, 6) is 0.0533. The standard InChI is InChI=1S/C15H19NO3S/c1-15(2,16-7-9-19-10-8-16)13(17)11-3-5-12(6-4-11)14(18)20/h3-6H,7-10H2,1-2H3,(H,18,20). The van der Waals surface area contributed by atoms with Gasteiger partial charge in [-0.2, -0.15) is 0 Å². The first-order valence-corrected chi connectivity index (χ1v) is 7.08. The van der Waals surface area contributed by atoms with Crippen LogP contribution in [0.3, 0.4) is 0 Å². The topological polar surface area (TPSA) is 46.6 Å². The first-order chi connectivity index (χ1) is 9.43. The van der Waals surface area contributed by atoms with E-state index in [0.29, 0.717) is 24.3 Å². The van der Waals surface area contributed by atoms with Crippen LogP contribution in [0.4, 0.5) is 0 Å². The van der Waals surface area contributed by atoms with E-state index >= 15 is 0 Å². The van der Waals surface area contributed by atoms with Crippen LogP contribution >= 0.6 is 12.6 Å². The highest BCUT2D eigenvalue weighted by Gasteiger charge is 2.35. The summed E-state index contributed by atoms with van der Waals surface area (Å²) in [6.07, 6.45) is 0. The van der Waals surface area contributed by atoms with E-state index in [1.54, 1.807) is 24.3 Å². The number of hydrogen-bond donors (Lipinski definition) is 1. The first kappa shape index (κ1) is 15.2. The number of hydrogen-bond acceptors (Lipinski definition) is 4. The number of nitrogens with zero attached hydrogens (tertiary/aromatic N) is 1. The van der Waals surface area contributed by atoms with Gasteiger partial charge in [0.1, 0.15) is 0 Å². The third-order valence-corrected chi connectivity index (χ3v) is 4.01. The van der Waals surface area contributed by atoms with Crippen molar-refractivity contribution in [3.63, 3.8) is 0 Å². The lowest BCUT2D eigenvalue weighted by Crippen LogP contribution is -2.54. The Labute approximate surface area is 124 Å². The molecule has 0 N–H and O–H groups in total. The normalized spacial score (nSPS) is 16.9. The maximum absolute atomic E-state index is 12.7. The minimum Gasteiger partial charge on any atom is -0.379 e. The lowest BCUT2D eigenvalue weighted by atomic mass is 9.90. The molecular formula is C15H19NO3S. The maximum atomic E-state index is 12.7. The average Bonchev–Trinajstić information content (AvgIpc) is 2.47. The summed E-state index contributed by atoms with van der Waals surface area (Å²) in [5, 5.41) is -0.295. The molecule has 0 aliphatic carbocycles. The summed E-state index contributed by atoms with van der Waals surface area (Å²) in [4.78, 5) is 25.9. The van der Waals surface area contributed by atoms with Crippen molar-refractivity contribution in [3.05, 3.63) is 35.4 Å². The number of Topliss-reactive ketones (excluding diaryl/α,β-unsaturated/α-hetero) is 1. The molecule has 0 unspecified atom stereocenters. The second-order valence-electron chi connectivity index (χ2n) is 5.37. The molecular weight excluding hydrogens is 274 g/mol. The number of carbonyl (C=O) groups is 2. The van der Waals surface area contributed by atoms with Crippen LogP contribution in [0.2, 0.25) is 0 Å². The number of rotatable bonds is 4. The molecule has 0 atom stereocenters. The average molecular weight is 293 g/mol. The first-order valence-electron chi connectivity index (χ1n) is 6.64. The van der Waals surface area contributed by atoms with Gasteiger partial charge in [0.05, 0.1) is 18.8 Å². The molecule has 0 amide bonds. The van der Waals surface area contributed by atoms with E-state index in [9.17, 15) is 9.59 Å². The van der Waals surface area contributed by atoms with E-state index in [1.165, 1.54) is 0 Å². The SMILES string of the molecule is CC(C)(C(=O)c1ccc(C(=O)S)cc1)N1CCOCC1. The zero-order valence-corrected chi connectivity index (χ0v) is 12.7. The Kier molecular flexibility index (Phi) is 4.62. The molecule has 1 heterocycles. The van der Waals surface area contributed by atoms with Gasteiger partial charge in [-0.1, -0.05) is 12.1 Å². The van der Waals surface area contributed by atoms with Crippen molar-refractivity contribution >= 4 is 23.5 Å². The molecule has 1 saturated heterocycles. The molecule has 0 aromatic heterocycles. The Morgan fingerprint density at radius 3 is 2.10 bits per heavy atom. The minimum absolute atomic E-state index is 0.0533. The van der Waals surface area contributed by atoms with Gasteiger partial charge in [-0.15, -0.1) is 12.6 Å². The molecule has 0 spiro atoms. The van der Waals surface area contributed by atoms with Crippen LogP contribution in [0.25, 0.3) is 0 Å². The Bertz CT molecular complexity index is 504. The number of carbonyl (C=O) groups excluding carboxylic acids is 2. The van der Waals surface area contributed by atoms with Crippen molar-refractivity contribution in [1.82, 2.24) is 4.90 Å². The second-order valence-corrected chi connectivity index (χ2v) is 5.78. The van der Waals surface area contributed by atoms with E-state index in [-0.39, 0.29) is 10.9 Å². The molecule has 1 aliphatic heterocycles. The molecule has 1 aliphatic rings. The van der Waals surface area contributed by atoms with Crippen molar-refractivity contribution < 1.29 is 14.3 Å². The highest BCUT2D eigenvalue weighted by atomic mass is 32.1. The zero-order valence-electron chi connectivity index (χ0n) is 11.8. The largest absolute Gasteiger partial charge is 0.379 e. The van der Waals surface area contributed by atoms with Gasteiger partial charge in [0.15, 0.2) is 5.78 Å². The Hall–Kier alpha value is -1.17. The van der Waals surface area contributed by atoms with Crippen LogP contribution in [0, 0.1) is 0 Å². The van der Waals surface area contributed by atoms with E-state index < -0.39 is 5.54 Å². The monoisotopic (exact) mass is 293 g/mol. The van der Waals surface area contributed by atoms with Crippen LogP contribution in [-0.4, -0.2) is 47.6 Å². The van der Waals surface area contributed by atoms with E-state index in [4.69, 9.17) is 4.74 Å². The predicted octanol–water partition coefficient (Wildman–Crippen LogP) is 2.05. The fraction of sp³-hybridized carbons (Fsp3) is 0.467. The third kappa shape index (κ3) is 3.11. The Morgan fingerprint density at radius 1 is 1.10 bits per heavy atom. The molecule has 0 bridgehead atoms. The van der Waals surface area contributed by atoms with Gasteiger partial charge in [0, 0.05) is 24.2 Å². The summed E-state index contributed by atoms with van der Waals surface area (Å²) in [7, 11) is 0. The summed E-state index contributed by atoms with van der Waals surface area (Å²) in [6, 6.07) is 6.65. The third-order valence-electron chi connectivity index (χ3n) is 3.75. The predicted molar refractivity (Wildman–Crippen MR) is 80.6 cm³/mol. The van der Waals surface area contributed by atoms with E-state index in [0.717, 1.165) is 13.1 Å². The van der Waals surface area contributed by atoms with Crippen LogP contribution in [-0.2, 0) is 4.74 Å². The molecule has 1 fully saturated rings. The van der Waals surface area contributed by atoms with Gasteiger partial charge in [-0.05, 0) is 26.0 Å². The Balaban J connectivity index is 2.18. The molecule has 2 rings (SSSR count). The minimum atomic E-state index is -0.573. The molecule has 0 saturated carbocycles. The van der Waals surface area contributed by atoms with Crippen molar-refractivity contribution in [3.8, 4) is 0 Å². The van der Waals surface area contributed by atoms with E-state index in [1.807, 2.05) is 13.8 Å². The molecule has 108 valence electrons. The number of ether oxygens (including phenoxy) is 1. The van der Waals surface area contributed by atoms with Crippen molar-refractivity contribution in [2.75, 3.05) is 26.3 Å². The second kappa shape index (κ2) is 6.08. The van der Waals surface area contributed by atoms with Gasteiger partial charge in [0.2, 0.25) is 5.12 Å². The van der Waals surface area contributed by atoms with Crippen LogP contribution in [0.5, 0.6) is 0 Å². The van der Waals surface area contributed by atoms with Gasteiger partial charge >= 0.3 is 0 Å². The summed E-state index contributed by atoms with van der Waals surface area (Å²) < 4.78 is 5.32. The Morgan fingerprint density at radius 2 is 1.60 bits per heavy atom. The number of benzene rings is 1. The molecule has 4 nitrogen and oxygen atoms in total.